The SMILES string of the molecule is CCOc1cc(Cl)c(CNn2c(CC)n[nH]c2=S)cc1OC. The molecule has 0 amide bonds. The van der Waals surface area contributed by atoms with Crippen molar-refractivity contribution in [3.8, 4) is 11.5 Å². The van der Waals surface area contributed by atoms with Crippen LogP contribution < -0.4 is 14.9 Å². The highest BCUT2D eigenvalue weighted by molar-refractivity contribution is 7.71. The van der Waals surface area contributed by atoms with Gasteiger partial charge < -0.3 is 14.9 Å². The van der Waals surface area contributed by atoms with Gasteiger partial charge in [-0.05, 0) is 30.8 Å². The lowest BCUT2D eigenvalue weighted by Gasteiger charge is -2.14. The van der Waals surface area contributed by atoms with E-state index in [-0.39, 0.29) is 0 Å². The van der Waals surface area contributed by atoms with Gasteiger partial charge >= 0.3 is 0 Å². The molecule has 1 aromatic carbocycles. The Morgan fingerprint density at radius 2 is 2.14 bits per heavy atom. The molecule has 0 unspecified atom stereocenters. The molecule has 0 radical (unpaired) electrons. The van der Waals surface area contributed by atoms with Gasteiger partial charge in [0.1, 0.15) is 0 Å². The van der Waals surface area contributed by atoms with Gasteiger partial charge in [0, 0.05) is 17.5 Å². The Morgan fingerprint density at radius 3 is 2.77 bits per heavy atom. The monoisotopic (exact) mass is 342 g/mol. The normalized spacial score (nSPS) is 10.5. The molecule has 2 N–H and O–H groups in total. The molecule has 22 heavy (non-hydrogen) atoms. The zero-order chi connectivity index (χ0) is 16.1. The number of aryl methyl sites for hydroxylation is 1. The van der Waals surface area contributed by atoms with Gasteiger partial charge in [0.2, 0.25) is 4.77 Å². The summed E-state index contributed by atoms with van der Waals surface area (Å²) in [6, 6.07) is 3.62. The van der Waals surface area contributed by atoms with E-state index in [9.17, 15) is 0 Å². The molecule has 0 bridgehead atoms. The van der Waals surface area contributed by atoms with Crippen LogP contribution in [0.15, 0.2) is 12.1 Å². The standard InChI is InChI=1S/C14H19ClN4O2S/c1-4-13-17-18-14(22)19(13)16-8-9-6-11(20-3)12(21-5-2)7-10(9)15/h6-7,16H,4-5,8H2,1-3H3,(H,18,22). The first-order chi connectivity index (χ1) is 10.6. The lowest BCUT2D eigenvalue weighted by Crippen LogP contribution is -2.17. The summed E-state index contributed by atoms with van der Waals surface area (Å²) in [6.07, 6.45) is 0.764. The van der Waals surface area contributed by atoms with Crippen LogP contribution in [0, 0.1) is 4.77 Å². The van der Waals surface area contributed by atoms with Crippen LogP contribution >= 0.6 is 23.8 Å². The summed E-state index contributed by atoms with van der Waals surface area (Å²) in [4.78, 5) is 0. The second kappa shape index (κ2) is 7.51. The summed E-state index contributed by atoms with van der Waals surface area (Å²) in [5.41, 5.74) is 4.09. The number of H-pyrrole nitrogens is 1. The highest BCUT2D eigenvalue weighted by Crippen LogP contribution is 2.33. The Morgan fingerprint density at radius 1 is 1.36 bits per heavy atom. The number of ether oxygens (including phenoxy) is 2. The van der Waals surface area contributed by atoms with Gasteiger partial charge in [-0.25, -0.2) is 4.68 Å². The largest absolute Gasteiger partial charge is 0.493 e. The van der Waals surface area contributed by atoms with E-state index in [4.69, 9.17) is 33.3 Å². The first-order valence-corrected chi connectivity index (χ1v) is 7.78. The number of rotatable bonds is 7. The quantitative estimate of drug-likeness (QED) is 0.756. The molecular weight excluding hydrogens is 324 g/mol. The third kappa shape index (κ3) is 3.53. The zero-order valence-corrected chi connectivity index (χ0v) is 14.3. The van der Waals surface area contributed by atoms with Crippen LogP contribution in [0.1, 0.15) is 25.2 Å². The number of benzene rings is 1. The van der Waals surface area contributed by atoms with Crippen molar-refractivity contribution in [2.24, 2.45) is 0 Å². The summed E-state index contributed by atoms with van der Waals surface area (Å²) in [7, 11) is 1.60. The predicted octanol–water partition coefficient (Wildman–Crippen LogP) is 3.31. The summed E-state index contributed by atoms with van der Waals surface area (Å²) >= 11 is 11.5. The molecule has 1 heterocycles. The van der Waals surface area contributed by atoms with Crippen LogP contribution in [-0.2, 0) is 13.0 Å². The lowest BCUT2D eigenvalue weighted by molar-refractivity contribution is 0.310. The number of aromatic nitrogens is 3. The van der Waals surface area contributed by atoms with Gasteiger partial charge in [-0.3, -0.25) is 5.10 Å². The van der Waals surface area contributed by atoms with Crippen LogP contribution in [0.3, 0.4) is 0 Å². The van der Waals surface area contributed by atoms with Crippen molar-refractivity contribution in [1.29, 1.82) is 0 Å². The number of methoxy groups -OCH3 is 1. The third-order valence-corrected chi connectivity index (χ3v) is 3.74. The molecule has 0 saturated heterocycles. The van der Waals surface area contributed by atoms with Gasteiger partial charge in [0.05, 0.1) is 20.3 Å². The van der Waals surface area contributed by atoms with Crippen LogP contribution in [0.2, 0.25) is 5.02 Å². The van der Waals surface area contributed by atoms with E-state index >= 15 is 0 Å². The van der Waals surface area contributed by atoms with E-state index in [0.29, 0.717) is 34.4 Å². The maximum Gasteiger partial charge on any atom is 0.214 e. The van der Waals surface area contributed by atoms with E-state index in [0.717, 1.165) is 17.8 Å². The molecule has 2 aromatic rings. The Labute approximate surface area is 139 Å². The summed E-state index contributed by atoms with van der Waals surface area (Å²) < 4.78 is 13.1. The first-order valence-electron chi connectivity index (χ1n) is 7.00. The van der Waals surface area contributed by atoms with Gasteiger partial charge in [0.25, 0.3) is 0 Å². The fraction of sp³-hybridized carbons (Fsp3) is 0.429. The van der Waals surface area contributed by atoms with E-state index in [2.05, 4.69) is 15.6 Å². The number of nitrogens with zero attached hydrogens (tertiary/aromatic N) is 2. The number of hydrogen-bond donors (Lipinski definition) is 2. The minimum atomic E-state index is 0.489. The van der Waals surface area contributed by atoms with E-state index < -0.39 is 0 Å². The molecule has 0 atom stereocenters. The molecular formula is C14H19ClN4O2S. The van der Waals surface area contributed by atoms with Gasteiger partial charge in [0.15, 0.2) is 17.3 Å². The van der Waals surface area contributed by atoms with Crippen LogP contribution in [-0.4, -0.2) is 28.6 Å². The zero-order valence-electron chi connectivity index (χ0n) is 12.8. The van der Waals surface area contributed by atoms with Crippen LogP contribution in [0.4, 0.5) is 0 Å². The maximum atomic E-state index is 6.31. The highest BCUT2D eigenvalue weighted by atomic mass is 35.5. The Hall–Kier alpha value is -1.73. The Kier molecular flexibility index (Phi) is 5.68. The summed E-state index contributed by atoms with van der Waals surface area (Å²) in [5.74, 6) is 2.11. The van der Waals surface area contributed by atoms with Crippen molar-refractivity contribution < 1.29 is 9.47 Å². The molecule has 0 spiro atoms. The van der Waals surface area contributed by atoms with Crippen molar-refractivity contribution >= 4 is 23.8 Å². The molecule has 0 saturated carbocycles. The lowest BCUT2D eigenvalue weighted by atomic mass is 10.2. The first kappa shape index (κ1) is 16.6. The highest BCUT2D eigenvalue weighted by Gasteiger charge is 2.11. The van der Waals surface area contributed by atoms with E-state index in [1.807, 2.05) is 19.9 Å². The van der Waals surface area contributed by atoms with E-state index in [1.54, 1.807) is 17.9 Å². The Balaban J connectivity index is 2.22. The smallest absolute Gasteiger partial charge is 0.214 e. The molecule has 8 heteroatoms. The minimum Gasteiger partial charge on any atom is -0.493 e. The van der Waals surface area contributed by atoms with Crippen LogP contribution in [0.25, 0.3) is 0 Å². The number of aromatic amines is 1. The van der Waals surface area contributed by atoms with Gasteiger partial charge in [-0.15, -0.1) is 0 Å². The second-order valence-corrected chi connectivity index (χ2v) is 5.29. The summed E-state index contributed by atoms with van der Waals surface area (Å²) in [5, 5.41) is 7.51. The van der Waals surface area contributed by atoms with Crippen molar-refractivity contribution in [2.45, 2.75) is 26.8 Å². The molecule has 0 aliphatic heterocycles. The Bertz CT molecular complexity index is 699. The fourth-order valence-corrected chi connectivity index (χ4v) is 2.47. The molecule has 6 nitrogen and oxygen atoms in total. The van der Waals surface area contributed by atoms with Crippen LogP contribution in [0.5, 0.6) is 11.5 Å². The minimum absolute atomic E-state index is 0.489. The van der Waals surface area contributed by atoms with E-state index in [1.165, 1.54) is 0 Å². The molecule has 0 fully saturated rings. The van der Waals surface area contributed by atoms with Gasteiger partial charge in [-0.1, -0.05) is 18.5 Å². The number of nitrogens with one attached hydrogen (secondary N) is 2. The average Bonchev–Trinajstić information content (AvgIpc) is 2.87. The molecule has 0 aliphatic rings. The predicted molar refractivity (Wildman–Crippen MR) is 89.0 cm³/mol. The van der Waals surface area contributed by atoms with Crippen molar-refractivity contribution in [1.82, 2.24) is 14.9 Å². The summed E-state index contributed by atoms with van der Waals surface area (Å²) in [6.45, 7) is 4.96. The topological polar surface area (TPSA) is 64.1 Å². The second-order valence-electron chi connectivity index (χ2n) is 4.50. The fourth-order valence-electron chi connectivity index (χ4n) is 2.03. The maximum absolute atomic E-state index is 6.31. The van der Waals surface area contributed by atoms with Gasteiger partial charge in [-0.2, -0.15) is 5.10 Å². The molecule has 2 rings (SSSR count). The molecule has 0 aliphatic carbocycles. The third-order valence-electron chi connectivity index (χ3n) is 3.12. The molecule has 1 aromatic heterocycles. The van der Waals surface area contributed by atoms with Crippen molar-refractivity contribution in [3.63, 3.8) is 0 Å². The van der Waals surface area contributed by atoms with Crippen molar-refractivity contribution in [3.05, 3.63) is 33.3 Å². The average molecular weight is 343 g/mol. The van der Waals surface area contributed by atoms with Crippen molar-refractivity contribution in [2.75, 3.05) is 19.1 Å². The molecule has 120 valence electrons. The number of hydrogen-bond acceptors (Lipinski definition) is 5. The number of halogens is 1.